The second kappa shape index (κ2) is 4.61. The molecule has 1 aliphatic rings. The molecule has 1 amide bonds. The maximum atomic E-state index is 11.8. The Morgan fingerprint density at radius 1 is 1.65 bits per heavy atom. The topological polar surface area (TPSA) is 71.2 Å². The Labute approximate surface area is 101 Å². The molecule has 0 bridgehead atoms. The number of amides is 1. The van der Waals surface area contributed by atoms with Gasteiger partial charge in [-0.25, -0.2) is 4.98 Å². The van der Waals surface area contributed by atoms with Gasteiger partial charge in [-0.15, -0.1) is 0 Å². The van der Waals surface area contributed by atoms with Gasteiger partial charge in [0.15, 0.2) is 5.82 Å². The molecule has 1 fully saturated rings. The van der Waals surface area contributed by atoms with Crippen LogP contribution in [-0.2, 0) is 4.79 Å². The van der Waals surface area contributed by atoms with Gasteiger partial charge in [0.05, 0.1) is 5.69 Å². The average molecular weight is 234 g/mol. The summed E-state index contributed by atoms with van der Waals surface area (Å²) in [4.78, 5) is 18.1. The van der Waals surface area contributed by atoms with E-state index in [4.69, 9.17) is 5.73 Å². The van der Waals surface area contributed by atoms with Crippen molar-refractivity contribution in [2.24, 2.45) is 0 Å². The summed E-state index contributed by atoms with van der Waals surface area (Å²) in [5.41, 5.74) is 7.64. The zero-order valence-electron chi connectivity index (χ0n) is 10.2. The maximum absolute atomic E-state index is 11.8. The number of carbonyl (C=O) groups is 1. The highest BCUT2D eigenvalue weighted by Crippen LogP contribution is 2.24. The van der Waals surface area contributed by atoms with Crippen LogP contribution in [0.5, 0.6) is 0 Å². The molecule has 5 heteroatoms. The van der Waals surface area contributed by atoms with Crippen molar-refractivity contribution in [3.63, 3.8) is 0 Å². The summed E-state index contributed by atoms with van der Waals surface area (Å²) in [7, 11) is 0. The highest BCUT2D eigenvalue weighted by molar-refractivity contribution is 5.87. The van der Waals surface area contributed by atoms with Crippen molar-refractivity contribution in [1.82, 2.24) is 10.3 Å². The standard InChI is InChI=1S/C12H18N4O/c1-3-10-12(17)14-4-5-16(10)11-9(13)6-8(2)7-15-11/h6-7,10H,3-5,13H2,1-2H3,(H,14,17). The van der Waals surface area contributed by atoms with Gasteiger partial charge in [0.25, 0.3) is 0 Å². The van der Waals surface area contributed by atoms with Crippen molar-refractivity contribution in [3.05, 3.63) is 17.8 Å². The van der Waals surface area contributed by atoms with Gasteiger partial charge < -0.3 is 16.0 Å². The second-order valence-electron chi connectivity index (χ2n) is 4.33. The minimum Gasteiger partial charge on any atom is -0.396 e. The fourth-order valence-electron chi connectivity index (χ4n) is 2.20. The normalized spacial score (nSPS) is 20.2. The van der Waals surface area contributed by atoms with Crippen molar-refractivity contribution >= 4 is 17.4 Å². The Morgan fingerprint density at radius 2 is 2.41 bits per heavy atom. The zero-order chi connectivity index (χ0) is 12.4. The van der Waals surface area contributed by atoms with Gasteiger partial charge in [-0.05, 0) is 25.0 Å². The fourth-order valence-corrected chi connectivity index (χ4v) is 2.20. The van der Waals surface area contributed by atoms with Gasteiger partial charge in [-0.1, -0.05) is 6.92 Å². The van der Waals surface area contributed by atoms with Crippen molar-refractivity contribution < 1.29 is 4.79 Å². The highest BCUT2D eigenvalue weighted by Gasteiger charge is 2.29. The van der Waals surface area contributed by atoms with Crippen LogP contribution in [0.3, 0.4) is 0 Å². The van der Waals surface area contributed by atoms with Crippen LogP contribution in [0, 0.1) is 6.92 Å². The number of carbonyl (C=O) groups excluding carboxylic acids is 1. The third-order valence-corrected chi connectivity index (χ3v) is 3.02. The molecule has 17 heavy (non-hydrogen) atoms. The molecule has 1 aliphatic heterocycles. The number of aryl methyl sites for hydroxylation is 1. The predicted octanol–water partition coefficient (Wildman–Crippen LogP) is 0.687. The number of pyridine rings is 1. The Bertz CT molecular complexity index is 433. The number of aromatic nitrogens is 1. The molecule has 92 valence electrons. The van der Waals surface area contributed by atoms with Crippen molar-refractivity contribution in [2.75, 3.05) is 23.7 Å². The average Bonchev–Trinajstić information content (AvgIpc) is 2.29. The van der Waals surface area contributed by atoms with E-state index in [1.807, 2.05) is 24.8 Å². The smallest absolute Gasteiger partial charge is 0.242 e. The number of nitrogens with zero attached hydrogens (tertiary/aromatic N) is 2. The van der Waals surface area contributed by atoms with E-state index in [2.05, 4.69) is 10.3 Å². The van der Waals surface area contributed by atoms with E-state index in [9.17, 15) is 4.79 Å². The Kier molecular flexibility index (Phi) is 3.17. The van der Waals surface area contributed by atoms with Gasteiger partial charge in [0.2, 0.25) is 5.91 Å². The molecule has 1 saturated heterocycles. The molecular formula is C12H18N4O. The molecule has 3 N–H and O–H groups in total. The molecule has 5 nitrogen and oxygen atoms in total. The van der Waals surface area contributed by atoms with E-state index >= 15 is 0 Å². The number of rotatable bonds is 2. The molecule has 1 unspecified atom stereocenters. The number of nitrogens with one attached hydrogen (secondary N) is 1. The fraction of sp³-hybridized carbons (Fsp3) is 0.500. The molecule has 0 radical (unpaired) electrons. The van der Waals surface area contributed by atoms with Crippen LogP contribution < -0.4 is 16.0 Å². The van der Waals surface area contributed by atoms with Gasteiger partial charge in [-0.2, -0.15) is 0 Å². The summed E-state index contributed by atoms with van der Waals surface area (Å²) < 4.78 is 0. The Morgan fingerprint density at radius 3 is 3.06 bits per heavy atom. The molecule has 2 heterocycles. The monoisotopic (exact) mass is 234 g/mol. The largest absolute Gasteiger partial charge is 0.396 e. The van der Waals surface area contributed by atoms with Gasteiger partial charge in [0.1, 0.15) is 6.04 Å². The summed E-state index contributed by atoms with van der Waals surface area (Å²) in [5, 5.41) is 2.86. The van der Waals surface area contributed by atoms with E-state index in [0.717, 1.165) is 24.3 Å². The lowest BCUT2D eigenvalue weighted by atomic mass is 10.1. The van der Waals surface area contributed by atoms with Crippen LogP contribution in [0.1, 0.15) is 18.9 Å². The van der Waals surface area contributed by atoms with Crippen LogP contribution >= 0.6 is 0 Å². The molecule has 0 aliphatic carbocycles. The van der Waals surface area contributed by atoms with Crippen molar-refractivity contribution in [1.29, 1.82) is 0 Å². The summed E-state index contributed by atoms with van der Waals surface area (Å²) in [5.74, 6) is 0.776. The number of hydrogen-bond acceptors (Lipinski definition) is 4. The predicted molar refractivity (Wildman–Crippen MR) is 67.8 cm³/mol. The second-order valence-corrected chi connectivity index (χ2v) is 4.33. The van der Waals surface area contributed by atoms with Gasteiger partial charge in [0, 0.05) is 19.3 Å². The quantitative estimate of drug-likeness (QED) is 0.789. The van der Waals surface area contributed by atoms with E-state index < -0.39 is 0 Å². The SMILES string of the molecule is CCC1C(=O)NCCN1c1ncc(C)cc1N. The molecule has 0 saturated carbocycles. The van der Waals surface area contributed by atoms with Crippen molar-refractivity contribution in [3.8, 4) is 0 Å². The number of nitrogen functional groups attached to an aromatic ring is 1. The number of piperazine rings is 1. The third kappa shape index (κ3) is 2.18. The first-order chi connectivity index (χ1) is 8.13. The van der Waals surface area contributed by atoms with Gasteiger partial charge in [-0.3, -0.25) is 4.79 Å². The maximum Gasteiger partial charge on any atom is 0.242 e. The first-order valence-corrected chi connectivity index (χ1v) is 5.90. The minimum atomic E-state index is -0.166. The number of hydrogen-bond donors (Lipinski definition) is 2. The van der Waals surface area contributed by atoms with E-state index in [1.165, 1.54) is 0 Å². The van der Waals surface area contributed by atoms with E-state index in [1.54, 1.807) is 6.20 Å². The lowest BCUT2D eigenvalue weighted by Gasteiger charge is -2.35. The van der Waals surface area contributed by atoms with Crippen LogP contribution in [0.25, 0.3) is 0 Å². The zero-order valence-corrected chi connectivity index (χ0v) is 10.2. The molecule has 1 aromatic rings. The lowest BCUT2D eigenvalue weighted by molar-refractivity contribution is -0.123. The van der Waals surface area contributed by atoms with Crippen molar-refractivity contribution in [2.45, 2.75) is 26.3 Å². The highest BCUT2D eigenvalue weighted by atomic mass is 16.2. The van der Waals surface area contributed by atoms with Crippen LogP contribution in [0.15, 0.2) is 12.3 Å². The van der Waals surface area contributed by atoms with Gasteiger partial charge >= 0.3 is 0 Å². The molecule has 0 aromatic carbocycles. The third-order valence-electron chi connectivity index (χ3n) is 3.02. The molecule has 1 atom stereocenters. The first-order valence-electron chi connectivity index (χ1n) is 5.90. The molecule has 0 spiro atoms. The molecular weight excluding hydrogens is 216 g/mol. The van der Waals surface area contributed by atoms with Crippen LogP contribution in [-0.4, -0.2) is 30.0 Å². The summed E-state index contributed by atoms with van der Waals surface area (Å²) in [6.45, 7) is 5.34. The Hall–Kier alpha value is -1.78. The lowest BCUT2D eigenvalue weighted by Crippen LogP contribution is -2.55. The van der Waals surface area contributed by atoms with Crippen LogP contribution in [0.2, 0.25) is 0 Å². The van der Waals surface area contributed by atoms with E-state index in [0.29, 0.717) is 12.2 Å². The summed E-state index contributed by atoms with van der Waals surface area (Å²) >= 11 is 0. The summed E-state index contributed by atoms with van der Waals surface area (Å²) in [6.07, 6.45) is 2.53. The number of anilines is 2. The minimum absolute atomic E-state index is 0.0560. The summed E-state index contributed by atoms with van der Waals surface area (Å²) in [6, 6.07) is 1.72. The molecule has 2 rings (SSSR count). The number of nitrogens with two attached hydrogens (primary N) is 1. The molecule has 1 aromatic heterocycles. The first kappa shape index (κ1) is 11.7. The van der Waals surface area contributed by atoms with E-state index in [-0.39, 0.29) is 11.9 Å². The van der Waals surface area contributed by atoms with Crippen LogP contribution in [0.4, 0.5) is 11.5 Å². The Balaban J connectivity index is 2.33.